The number of amides is 2. The van der Waals surface area contributed by atoms with Crippen molar-refractivity contribution in [2.75, 3.05) is 10.2 Å². The summed E-state index contributed by atoms with van der Waals surface area (Å²) >= 11 is 0. The number of nitriles is 1. The smallest absolute Gasteiger partial charge is 0.285 e. The van der Waals surface area contributed by atoms with E-state index in [0.717, 1.165) is 4.68 Å². The number of carbonyl (C=O) groups is 2. The Bertz CT molecular complexity index is 1030. The van der Waals surface area contributed by atoms with Gasteiger partial charge in [0.25, 0.3) is 5.56 Å². The van der Waals surface area contributed by atoms with Crippen LogP contribution in [-0.4, -0.2) is 27.6 Å². The lowest BCUT2D eigenvalue weighted by Gasteiger charge is -2.28. The van der Waals surface area contributed by atoms with Gasteiger partial charge in [-0.05, 0) is 38.5 Å². The molecule has 1 unspecified atom stereocenters. The van der Waals surface area contributed by atoms with Gasteiger partial charge in [-0.1, -0.05) is 12.1 Å². The Labute approximate surface area is 156 Å². The van der Waals surface area contributed by atoms with E-state index in [2.05, 4.69) is 10.4 Å². The van der Waals surface area contributed by atoms with Crippen LogP contribution >= 0.6 is 0 Å². The number of aryl methyl sites for hydroxylation is 1. The summed E-state index contributed by atoms with van der Waals surface area (Å²) in [6.07, 6.45) is 0.138. The second-order valence-corrected chi connectivity index (χ2v) is 6.54. The van der Waals surface area contributed by atoms with Gasteiger partial charge < -0.3 is 10.2 Å². The van der Waals surface area contributed by atoms with Crippen molar-refractivity contribution >= 4 is 23.2 Å². The minimum absolute atomic E-state index is 0.0172. The standard InChI is InChI=1S/C19H19N5O3/c1-11-8-17(25)21-15-6-4-5-7-16(15)24(11)18(26)10-23-19(27)14(9-20)12(2)13(3)22-23/h4-7,11H,8,10H2,1-3H3,(H,21,25). The summed E-state index contributed by atoms with van der Waals surface area (Å²) in [4.78, 5) is 39.1. The Morgan fingerprint density at radius 1 is 1.33 bits per heavy atom. The maximum atomic E-state index is 13.1. The molecule has 0 aliphatic carbocycles. The molecule has 8 heteroatoms. The zero-order valence-electron chi connectivity index (χ0n) is 15.3. The summed E-state index contributed by atoms with van der Waals surface area (Å²) in [5.74, 6) is -0.563. The SMILES string of the molecule is Cc1nn(CC(=O)N2c3ccccc3NC(=O)CC2C)c(=O)c(C#N)c1C. The first-order valence-corrected chi connectivity index (χ1v) is 8.52. The zero-order valence-corrected chi connectivity index (χ0v) is 15.3. The minimum Gasteiger partial charge on any atom is -0.324 e. The molecule has 1 aliphatic rings. The van der Waals surface area contributed by atoms with Gasteiger partial charge in [-0.25, -0.2) is 4.68 Å². The van der Waals surface area contributed by atoms with Crippen LogP contribution < -0.4 is 15.8 Å². The Kier molecular flexibility index (Phi) is 4.77. The lowest BCUT2D eigenvalue weighted by molar-refractivity contribution is -0.120. The lowest BCUT2D eigenvalue weighted by atomic mass is 10.1. The van der Waals surface area contributed by atoms with Crippen LogP contribution in [0.25, 0.3) is 0 Å². The molecule has 27 heavy (non-hydrogen) atoms. The number of carbonyl (C=O) groups excluding carboxylic acids is 2. The predicted molar refractivity (Wildman–Crippen MR) is 99.3 cm³/mol. The van der Waals surface area contributed by atoms with Crippen molar-refractivity contribution in [3.63, 3.8) is 0 Å². The van der Waals surface area contributed by atoms with Crippen molar-refractivity contribution in [3.8, 4) is 6.07 Å². The van der Waals surface area contributed by atoms with Crippen molar-refractivity contribution in [1.29, 1.82) is 5.26 Å². The summed E-state index contributed by atoms with van der Waals surface area (Å²) in [5.41, 5.74) is 1.52. The molecule has 0 spiro atoms. The van der Waals surface area contributed by atoms with Gasteiger partial charge in [-0.3, -0.25) is 14.4 Å². The van der Waals surface area contributed by atoms with E-state index in [-0.39, 0.29) is 36.4 Å². The Hall–Kier alpha value is -3.47. The van der Waals surface area contributed by atoms with Crippen LogP contribution in [0.4, 0.5) is 11.4 Å². The first-order valence-electron chi connectivity index (χ1n) is 8.52. The summed E-state index contributed by atoms with van der Waals surface area (Å²) in [6.45, 7) is 4.79. The number of nitrogens with one attached hydrogen (secondary N) is 1. The van der Waals surface area contributed by atoms with Crippen molar-refractivity contribution < 1.29 is 9.59 Å². The van der Waals surface area contributed by atoms with Crippen molar-refractivity contribution in [3.05, 3.63) is 51.4 Å². The van der Waals surface area contributed by atoms with Gasteiger partial charge in [-0.2, -0.15) is 10.4 Å². The Morgan fingerprint density at radius 2 is 2.04 bits per heavy atom. The van der Waals surface area contributed by atoms with Gasteiger partial charge in [0.1, 0.15) is 18.2 Å². The van der Waals surface area contributed by atoms with Crippen LogP contribution in [0.2, 0.25) is 0 Å². The van der Waals surface area contributed by atoms with Gasteiger partial charge in [-0.15, -0.1) is 0 Å². The molecule has 1 N–H and O–H groups in total. The molecule has 2 amide bonds. The summed E-state index contributed by atoms with van der Waals surface area (Å²) in [7, 11) is 0. The quantitative estimate of drug-likeness (QED) is 0.867. The number of rotatable bonds is 2. The molecule has 2 aromatic rings. The van der Waals surface area contributed by atoms with Crippen LogP contribution in [0.15, 0.2) is 29.1 Å². The number of nitrogens with zero attached hydrogens (tertiary/aromatic N) is 4. The molecular formula is C19H19N5O3. The molecule has 3 rings (SSSR count). The topological polar surface area (TPSA) is 108 Å². The van der Waals surface area contributed by atoms with Crippen molar-refractivity contribution in [1.82, 2.24) is 9.78 Å². The third-order valence-electron chi connectivity index (χ3n) is 4.66. The molecule has 0 bridgehead atoms. The van der Waals surface area contributed by atoms with Crippen LogP contribution in [-0.2, 0) is 16.1 Å². The lowest BCUT2D eigenvalue weighted by Crippen LogP contribution is -2.43. The van der Waals surface area contributed by atoms with Crippen LogP contribution in [0, 0.1) is 25.2 Å². The first-order chi connectivity index (χ1) is 12.8. The van der Waals surface area contributed by atoms with E-state index in [1.807, 2.05) is 6.07 Å². The van der Waals surface area contributed by atoms with E-state index in [4.69, 9.17) is 0 Å². The molecule has 0 radical (unpaired) electrons. The van der Waals surface area contributed by atoms with E-state index in [1.165, 1.54) is 4.90 Å². The average Bonchev–Trinajstić information content (AvgIpc) is 2.74. The largest absolute Gasteiger partial charge is 0.324 e. The number of hydrogen-bond donors (Lipinski definition) is 1. The maximum Gasteiger partial charge on any atom is 0.285 e. The van der Waals surface area contributed by atoms with Crippen LogP contribution in [0.3, 0.4) is 0 Å². The molecule has 2 heterocycles. The fourth-order valence-corrected chi connectivity index (χ4v) is 3.18. The Balaban J connectivity index is 2.02. The van der Waals surface area contributed by atoms with Crippen molar-refractivity contribution in [2.24, 2.45) is 0 Å². The first kappa shape index (κ1) is 18.3. The van der Waals surface area contributed by atoms with Gasteiger partial charge in [0.2, 0.25) is 11.8 Å². The van der Waals surface area contributed by atoms with Gasteiger partial charge in [0.05, 0.1) is 17.1 Å². The number of aromatic nitrogens is 2. The number of hydrogen-bond acceptors (Lipinski definition) is 5. The summed E-state index contributed by atoms with van der Waals surface area (Å²) in [5, 5.41) is 16.2. The second-order valence-electron chi connectivity index (χ2n) is 6.54. The van der Waals surface area contributed by atoms with Gasteiger partial charge in [0.15, 0.2) is 0 Å². The molecule has 0 saturated heterocycles. The highest BCUT2D eigenvalue weighted by atomic mass is 16.2. The predicted octanol–water partition coefficient (Wildman–Crippen LogP) is 1.50. The molecule has 0 fully saturated rings. The third kappa shape index (κ3) is 3.31. The molecular weight excluding hydrogens is 346 g/mol. The van der Waals surface area contributed by atoms with Crippen molar-refractivity contribution in [2.45, 2.75) is 39.8 Å². The van der Waals surface area contributed by atoms with E-state index < -0.39 is 5.56 Å². The third-order valence-corrected chi connectivity index (χ3v) is 4.66. The summed E-state index contributed by atoms with van der Waals surface area (Å²) < 4.78 is 1.01. The van der Waals surface area contributed by atoms with E-state index >= 15 is 0 Å². The number of benzene rings is 1. The molecule has 1 aromatic heterocycles. The zero-order chi connectivity index (χ0) is 19.7. The van der Waals surface area contributed by atoms with Gasteiger partial charge in [0, 0.05) is 12.5 Å². The maximum absolute atomic E-state index is 13.1. The van der Waals surface area contributed by atoms with E-state index in [0.29, 0.717) is 22.6 Å². The Morgan fingerprint density at radius 3 is 2.74 bits per heavy atom. The van der Waals surface area contributed by atoms with E-state index in [1.54, 1.807) is 45.0 Å². The fraction of sp³-hybridized carbons (Fsp3) is 0.316. The molecule has 1 aliphatic heterocycles. The van der Waals surface area contributed by atoms with Crippen LogP contribution in [0.5, 0.6) is 0 Å². The molecule has 1 aromatic carbocycles. The highest BCUT2D eigenvalue weighted by Gasteiger charge is 2.30. The normalized spacial score (nSPS) is 16.1. The molecule has 1 atom stereocenters. The number of anilines is 2. The van der Waals surface area contributed by atoms with Crippen LogP contribution in [0.1, 0.15) is 30.2 Å². The number of para-hydroxylation sites is 2. The fourth-order valence-electron chi connectivity index (χ4n) is 3.18. The molecule has 138 valence electrons. The highest BCUT2D eigenvalue weighted by molar-refractivity contribution is 6.04. The van der Waals surface area contributed by atoms with E-state index in [9.17, 15) is 19.6 Å². The highest BCUT2D eigenvalue weighted by Crippen LogP contribution is 2.31. The molecule has 0 saturated carbocycles. The molecule has 8 nitrogen and oxygen atoms in total. The number of fused-ring (bicyclic) bond motifs is 1. The minimum atomic E-state index is -0.598. The average molecular weight is 365 g/mol. The second kappa shape index (κ2) is 7.03. The monoisotopic (exact) mass is 365 g/mol. The van der Waals surface area contributed by atoms with Gasteiger partial charge >= 0.3 is 0 Å². The summed E-state index contributed by atoms with van der Waals surface area (Å²) in [6, 6.07) is 8.51.